The average Bonchev–Trinajstić information content (AvgIpc) is 2.34. The Balaban J connectivity index is 2.20. The van der Waals surface area contributed by atoms with E-state index in [2.05, 4.69) is 0 Å². The quantitative estimate of drug-likeness (QED) is 0.479. The second-order valence-electron chi connectivity index (χ2n) is 4.38. The number of amides is 1. The number of hydrogen-bond acceptors (Lipinski definition) is 5. The highest BCUT2D eigenvalue weighted by atomic mass is 16.2. The second-order valence-corrected chi connectivity index (χ2v) is 4.38. The summed E-state index contributed by atoms with van der Waals surface area (Å²) in [5.41, 5.74) is 0.163. The molecule has 1 aliphatic rings. The fourth-order valence-corrected chi connectivity index (χ4v) is 2.13. The van der Waals surface area contributed by atoms with Gasteiger partial charge >= 0.3 is 0 Å². The van der Waals surface area contributed by atoms with Gasteiger partial charge in [-0.2, -0.15) is 0 Å². The maximum absolute atomic E-state index is 11.6. The molecule has 1 aliphatic heterocycles. The van der Waals surface area contributed by atoms with E-state index in [0.717, 1.165) is 6.41 Å². The number of piperazine rings is 1. The van der Waals surface area contributed by atoms with Crippen LogP contribution in [-0.4, -0.2) is 51.6 Å². The standard InChI is InChI=1S/C11H15N3O3/c1-12(2)8-9(11(17)10(8)16)14-5-3-13(7-15)4-6-14/h7H,3-6H2,1-2H3. The molecule has 0 atom stereocenters. The van der Waals surface area contributed by atoms with E-state index in [9.17, 15) is 14.4 Å². The molecular formula is C11H15N3O3. The number of anilines is 2. The third-order valence-electron chi connectivity index (χ3n) is 3.09. The molecule has 0 saturated carbocycles. The normalized spacial score (nSPS) is 16.4. The molecule has 0 unspecified atom stereocenters. The van der Waals surface area contributed by atoms with Crippen LogP contribution in [0.3, 0.4) is 0 Å². The number of rotatable bonds is 3. The third kappa shape index (κ3) is 1.79. The van der Waals surface area contributed by atoms with Crippen molar-refractivity contribution in [1.29, 1.82) is 0 Å². The smallest absolute Gasteiger partial charge is 0.253 e. The molecule has 0 aliphatic carbocycles. The molecule has 1 amide bonds. The first-order chi connectivity index (χ1) is 8.06. The van der Waals surface area contributed by atoms with E-state index in [4.69, 9.17) is 0 Å². The highest BCUT2D eigenvalue weighted by Gasteiger charge is 2.29. The predicted molar refractivity (Wildman–Crippen MR) is 65.5 cm³/mol. The zero-order chi connectivity index (χ0) is 12.6. The molecule has 1 fully saturated rings. The lowest BCUT2D eigenvalue weighted by Gasteiger charge is -2.36. The number of carbonyl (C=O) groups is 1. The zero-order valence-electron chi connectivity index (χ0n) is 9.97. The molecule has 1 saturated heterocycles. The predicted octanol–water partition coefficient (Wildman–Crippen LogP) is -1.37. The highest BCUT2D eigenvalue weighted by Crippen LogP contribution is 2.23. The van der Waals surface area contributed by atoms with E-state index < -0.39 is 10.9 Å². The van der Waals surface area contributed by atoms with Crippen LogP contribution in [0.2, 0.25) is 0 Å². The Morgan fingerprint density at radius 2 is 1.65 bits per heavy atom. The van der Waals surface area contributed by atoms with Crippen LogP contribution in [-0.2, 0) is 4.79 Å². The van der Waals surface area contributed by atoms with Gasteiger partial charge in [-0.3, -0.25) is 14.4 Å². The van der Waals surface area contributed by atoms with Crippen molar-refractivity contribution in [2.45, 2.75) is 0 Å². The Hall–Kier alpha value is -1.85. The molecular weight excluding hydrogens is 222 g/mol. The largest absolute Gasteiger partial charge is 0.373 e. The van der Waals surface area contributed by atoms with Gasteiger partial charge in [-0.15, -0.1) is 0 Å². The second kappa shape index (κ2) is 4.20. The van der Waals surface area contributed by atoms with Gasteiger partial charge in [-0.25, -0.2) is 0 Å². The zero-order valence-corrected chi connectivity index (χ0v) is 9.97. The van der Waals surface area contributed by atoms with Crippen molar-refractivity contribution < 1.29 is 4.79 Å². The van der Waals surface area contributed by atoms with E-state index >= 15 is 0 Å². The molecule has 1 aromatic rings. The molecule has 0 radical (unpaired) electrons. The molecule has 6 nitrogen and oxygen atoms in total. The molecule has 1 heterocycles. The van der Waals surface area contributed by atoms with Crippen LogP contribution in [0.25, 0.3) is 0 Å². The van der Waals surface area contributed by atoms with Crippen LogP contribution >= 0.6 is 0 Å². The Kier molecular flexibility index (Phi) is 2.87. The summed E-state index contributed by atoms with van der Waals surface area (Å²) in [6, 6.07) is 0. The molecule has 0 spiro atoms. The molecule has 17 heavy (non-hydrogen) atoms. The first-order valence-corrected chi connectivity index (χ1v) is 5.51. The minimum Gasteiger partial charge on any atom is -0.373 e. The summed E-state index contributed by atoms with van der Waals surface area (Å²) in [5.74, 6) is 0. The van der Waals surface area contributed by atoms with Crippen LogP contribution in [0.5, 0.6) is 0 Å². The Labute approximate surface area is 98.7 Å². The summed E-state index contributed by atoms with van der Waals surface area (Å²) >= 11 is 0. The van der Waals surface area contributed by atoms with Gasteiger partial charge in [0.25, 0.3) is 10.9 Å². The average molecular weight is 237 g/mol. The summed E-state index contributed by atoms with van der Waals surface area (Å²) in [6.07, 6.45) is 0.812. The van der Waals surface area contributed by atoms with E-state index in [1.807, 2.05) is 4.90 Å². The van der Waals surface area contributed by atoms with Gasteiger partial charge in [0.15, 0.2) is 0 Å². The lowest BCUT2D eigenvalue weighted by Crippen LogP contribution is -2.51. The van der Waals surface area contributed by atoms with E-state index in [1.165, 1.54) is 0 Å². The van der Waals surface area contributed by atoms with E-state index in [1.54, 1.807) is 23.9 Å². The minimum absolute atomic E-state index is 0.409. The lowest BCUT2D eigenvalue weighted by atomic mass is 10.1. The van der Waals surface area contributed by atoms with Crippen LogP contribution in [0.15, 0.2) is 9.59 Å². The van der Waals surface area contributed by atoms with Crippen molar-refractivity contribution in [2.75, 3.05) is 50.1 Å². The monoisotopic (exact) mass is 237 g/mol. The lowest BCUT2D eigenvalue weighted by molar-refractivity contribution is -0.118. The fourth-order valence-electron chi connectivity index (χ4n) is 2.13. The van der Waals surface area contributed by atoms with Crippen molar-refractivity contribution in [3.8, 4) is 0 Å². The molecule has 0 bridgehead atoms. The van der Waals surface area contributed by atoms with E-state index in [0.29, 0.717) is 37.6 Å². The van der Waals surface area contributed by atoms with Crippen molar-refractivity contribution in [2.24, 2.45) is 0 Å². The Bertz CT molecular complexity index is 494. The topological polar surface area (TPSA) is 60.9 Å². The third-order valence-corrected chi connectivity index (χ3v) is 3.09. The molecule has 6 heteroatoms. The van der Waals surface area contributed by atoms with Crippen LogP contribution in [0, 0.1) is 0 Å². The van der Waals surface area contributed by atoms with Gasteiger partial charge in [-0.1, -0.05) is 0 Å². The summed E-state index contributed by atoms with van der Waals surface area (Å²) in [4.78, 5) is 38.8. The van der Waals surface area contributed by atoms with Crippen molar-refractivity contribution >= 4 is 17.8 Å². The number of hydrogen-bond donors (Lipinski definition) is 0. The van der Waals surface area contributed by atoms with Crippen molar-refractivity contribution in [3.05, 3.63) is 20.4 Å². The summed E-state index contributed by atoms with van der Waals surface area (Å²) in [5, 5.41) is 0. The maximum atomic E-state index is 11.6. The first-order valence-electron chi connectivity index (χ1n) is 5.51. The van der Waals surface area contributed by atoms with Gasteiger partial charge in [0.1, 0.15) is 11.4 Å². The number of carbonyl (C=O) groups excluding carboxylic acids is 1. The van der Waals surface area contributed by atoms with Crippen molar-refractivity contribution in [1.82, 2.24) is 4.90 Å². The molecule has 0 aromatic heterocycles. The number of nitrogens with zero attached hydrogens (tertiary/aromatic N) is 3. The van der Waals surface area contributed by atoms with Gasteiger partial charge < -0.3 is 14.7 Å². The molecule has 2 rings (SSSR count). The van der Waals surface area contributed by atoms with E-state index in [-0.39, 0.29) is 0 Å². The first kappa shape index (κ1) is 11.6. The molecule has 1 aromatic carbocycles. The van der Waals surface area contributed by atoms with Gasteiger partial charge in [0.05, 0.1) is 0 Å². The summed E-state index contributed by atoms with van der Waals surface area (Å²) < 4.78 is 0. The SMILES string of the molecule is CN(C)c1c(N2CCN(C=O)CC2)c(=O)c1=O. The Morgan fingerprint density at radius 3 is 2.12 bits per heavy atom. The highest BCUT2D eigenvalue weighted by molar-refractivity contribution is 5.76. The molecule has 0 N–H and O–H groups in total. The summed E-state index contributed by atoms with van der Waals surface area (Å²) in [6.45, 7) is 2.39. The van der Waals surface area contributed by atoms with Crippen molar-refractivity contribution in [3.63, 3.8) is 0 Å². The molecule has 92 valence electrons. The van der Waals surface area contributed by atoms with Gasteiger partial charge in [0.2, 0.25) is 6.41 Å². The minimum atomic E-state index is -0.414. The summed E-state index contributed by atoms with van der Waals surface area (Å²) in [7, 11) is 3.50. The van der Waals surface area contributed by atoms with Crippen LogP contribution in [0.1, 0.15) is 0 Å². The van der Waals surface area contributed by atoms with Crippen LogP contribution in [0.4, 0.5) is 11.4 Å². The van der Waals surface area contributed by atoms with Crippen LogP contribution < -0.4 is 20.7 Å². The Morgan fingerprint density at radius 1 is 1.06 bits per heavy atom. The maximum Gasteiger partial charge on any atom is 0.253 e. The fraction of sp³-hybridized carbons (Fsp3) is 0.545. The van der Waals surface area contributed by atoms with Gasteiger partial charge in [0, 0.05) is 40.3 Å². The van der Waals surface area contributed by atoms with Gasteiger partial charge in [-0.05, 0) is 0 Å².